The summed E-state index contributed by atoms with van der Waals surface area (Å²) in [5, 5.41) is 13.3. The smallest absolute Gasteiger partial charge is 0.123 e. The zero-order chi connectivity index (χ0) is 11.0. The number of nitriles is 1. The van der Waals surface area contributed by atoms with Gasteiger partial charge in [-0.15, -0.1) is 0 Å². The second kappa shape index (κ2) is 4.01. The van der Waals surface area contributed by atoms with Crippen LogP contribution in [0.4, 0.5) is 0 Å². The summed E-state index contributed by atoms with van der Waals surface area (Å²) >= 11 is 0. The van der Waals surface area contributed by atoms with Crippen molar-refractivity contribution in [3.63, 3.8) is 0 Å². The second-order valence-electron chi connectivity index (χ2n) is 5.65. The number of nitrogens with zero attached hydrogens (tertiary/aromatic N) is 2. The van der Waals surface area contributed by atoms with Gasteiger partial charge in [0.25, 0.3) is 0 Å². The highest BCUT2D eigenvalue weighted by atomic mass is 15.3. The van der Waals surface area contributed by atoms with Crippen LogP contribution in [0, 0.1) is 11.3 Å². The molecule has 2 heterocycles. The minimum absolute atomic E-state index is 0.217. The van der Waals surface area contributed by atoms with E-state index < -0.39 is 0 Å². The SMILES string of the molecule is N#CC1(NC2CCCC2)CCN2CCCC21. The molecule has 0 bridgehead atoms. The largest absolute Gasteiger partial charge is 0.297 e. The Labute approximate surface area is 97.8 Å². The Bertz CT molecular complexity index is 303. The lowest BCUT2D eigenvalue weighted by molar-refractivity contribution is 0.250. The molecule has 2 aliphatic heterocycles. The van der Waals surface area contributed by atoms with Gasteiger partial charge >= 0.3 is 0 Å². The molecule has 16 heavy (non-hydrogen) atoms. The molecule has 2 atom stereocenters. The van der Waals surface area contributed by atoms with Crippen LogP contribution in [0.25, 0.3) is 0 Å². The van der Waals surface area contributed by atoms with Gasteiger partial charge in [0, 0.05) is 18.6 Å². The zero-order valence-corrected chi connectivity index (χ0v) is 9.91. The Hall–Kier alpha value is -0.590. The molecule has 3 aliphatic rings. The second-order valence-corrected chi connectivity index (χ2v) is 5.65. The first-order chi connectivity index (χ1) is 7.84. The zero-order valence-electron chi connectivity index (χ0n) is 9.91. The molecule has 1 aliphatic carbocycles. The van der Waals surface area contributed by atoms with Crippen molar-refractivity contribution in [1.82, 2.24) is 10.2 Å². The fraction of sp³-hybridized carbons (Fsp3) is 0.923. The van der Waals surface area contributed by atoms with Gasteiger partial charge < -0.3 is 0 Å². The van der Waals surface area contributed by atoms with E-state index in [-0.39, 0.29) is 5.54 Å². The molecule has 0 spiro atoms. The van der Waals surface area contributed by atoms with E-state index >= 15 is 0 Å². The first kappa shape index (κ1) is 10.6. The minimum atomic E-state index is -0.217. The highest BCUT2D eigenvalue weighted by Gasteiger charge is 2.50. The third-order valence-electron chi connectivity index (χ3n) is 4.74. The standard InChI is InChI=1S/C13H21N3/c14-10-13(15-11-4-1-2-5-11)7-9-16-8-3-6-12(13)16/h11-12,15H,1-9H2. The van der Waals surface area contributed by atoms with Crippen molar-refractivity contribution >= 4 is 0 Å². The highest BCUT2D eigenvalue weighted by molar-refractivity contribution is 5.20. The summed E-state index contributed by atoms with van der Waals surface area (Å²) in [5.74, 6) is 0. The van der Waals surface area contributed by atoms with Gasteiger partial charge in [-0.05, 0) is 38.6 Å². The predicted octanol–water partition coefficient (Wildman–Crippen LogP) is 1.65. The molecule has 2 unspecified atom stereocenters. The third-order valence-corrected chi connectivity index (χ3v) is 4.74. The Morgan fingerprint density at radius 3 is 2.69 bits per heavy atom. The average Bonchev–Trinajstić information content (AvgIpc) is 2.98. The molecule has 3 nitrogen and oxygen atoms in total. The van der Waals surface area contributed by atoms with E-state index in [9.17, 15) is 5.26 Å². The molecule has 0 amide bonds. The fourth-order valence-corrected chi connectivity index (χ4v) is 3.90. The molecular weight excluding hydrogens is 198 g/mol. The quantitative estimate of drug-likeness (QED) is 0.767. The Morgan fingerprint density at radius 1 is 1.12 bits per heavy atom. The normalized spacial score (nSPS) is 40.1. The van der Waals surface area contributed by atoms with Gasteiger partial charge in [-0.2, -0.15) is 5.26 Å². The molecule has 0 aromatic rings. The molecule has 1 N–H and O–H groups in total. The van der Waals surface area contributed by atoms with Crippen molar-refractivity contribution in [2.45, 2.75) is 62.6 Å². The summed E-state index contributed by atoms with van der Waals surface area (Å²) in [5.41, 5.74) is -0.217. The van der Waals surface area contributed by atoms with Gasteiger partial charge in [0.05, 0.1) is 6.07 Å². The van der Waals surface area contributed by atoms with Crippen molar-refractivity contribution in [1.29, 1.82) is 5.26 Å². The van der Waals surface area contributed by atoms with Crippen LogP contribution < -0.4 is 5.32 Å². The van der Waals surface area contributed by atoms with Crippen molar-refractivity contribution in [3.05, 3.63) is 0 Å². The lowest BCUT2D eigenvalue weighted by atomic mass is 9.89. The predicted molar refractivity (Wildman–Crippen MR) is 62.9 cm³/mol. The third kappa shape index (κ3) is 1.56. The molecule has 0 radical (unpaired) electrons. The van der Waals surface area contributed by atoms with Crippen LogP contribution >= 0.6 is 0 Å². The molecule has 0 aromatic carbocycles. The molecule has 3 fully saturated rings. The molecule has 3 heteroatoms. The van der Waals surface area contributed by atoms with E-state index in [4.69, 9.17) is 0 Å². The summed E-state index contributed by atoms with van der Waals surface area (Å²) in [4.78, 5) is 2.52. The van der Waals surface area contributed by atoms with Crippen LogP contribution in [-0.4, -0.2) is 35.6 Å². The lowest BCUT2D eigenvalue weighted by Gasteiger charge is -2.32. The van der Waals surface area contributed by atoms with Crippen LogP contribution in [0.5, 0.6) is 0 Å². The monoisotopic (exact) mass is 219 g/mol. The van der Waals surface area contributed by atoms with Gasteiger partial charge in [0.15, 0.2) is 0 Å². The summed E-state index contributed by atoms with van der Waals surface area (Å²) in [6.45, 7) is 2.33. The molecule has 2 saturated heterocycles. The summed E-state index contributed by atoms with van der Waals surface area (Å²) in [7, 11) is 0. The average molecular weight is 219 g/mol. The molecular formula is C13H21N3. The number of nitrogens with one attached hydrogen (secondary N) is 1. The minimum Gasteiger partial charge on any atom is -0.297 e. The Kier molecular flexibility index (Phi) is 2.65. The van der Waals surface area contributed by atoms with Crippen LogP contribution in [0.15, 0.2) is 0 Å². The van der Waals surface area contributed by atoms with Gasteiger partial charge in [-0.1, -0.05) is 12.8 Å². The Morgan fingerprint density at radius 2 is 1.94 bits per heavy atom. The number of hydrogen-bond acceptors (Lipinski definition) is 3. The van der Waals surface area contributed by atoms with Crippen LogP contribution in [0.3, 0.4) is 0 Å². The number of fused-ring (bicyclic) bond motifs is 1. The summed E-state index contributed by atoms with van der Waals surface area (Å²) < 4.78 is 0. The van der Waals surface area contributed by atoms with Crippen LogP contribution in [0.1, 0.15) is 44.9 Å². The number of hydrogen-bond donors (Lipinski definition) is 1. The van der Waals surface area contributed by atoms with E-state index in [2.05, 4.69) is 16.3 Å². The van der Waals surface area contributed by atoms with Crippen molar-refractivity contribution in [3.8, 4) is 6.07 Å². The maximum absolute atomic E-state index is 9.58. The lowest BCUT2D eigenvalue weighted by Crippen LogP contribution is -2.55. The first-order valence-corrected chi connectivity index (χ1v) is 6.77. The van der Waals surface area contributed by atoms with Gasteiger partial charge in [0.2, 0.25) is 0 Å². The van der Waals surface area contributed by atoms with Crippen molar-refractivity contribution < 1.29 is 0 Å². The van der Waals surface area contributed by atoms with Crippen molar-refractivity contribution in [2.75, 3.05) is 13.1 Å². The van der Waals surface area contributed by atoms with Gasteiger partial charge in [-0.3, -0.25) is 10.2 Å². The first-order valence-electron chi connectivity index (χ1n) is 6.77. The van der Waals surface area contributed by atoms with E-state index in [1.807, 2.05) is 0 Å². The van der Waals surface area contributed by atoms with Crippen molar-refractivity contribution in [2.24, 2.45) is 0 Å². The van der Waals surface area contributed by atoms with Gasteiger partial charge in [-0.25, -0.2) is 0 Å². The topological polar surface area (TPSA) is 39.1 Å². The van der Waals surface area contributed by atoms with Crippen LogP contribution in [0.2, 0.25) is 0 Å². The van der Waals surface area contributed by atoms with E-state index in [0.717, 1.165) is 13.0 Å². The number of rotatable bonds is 2. The molecule has 3 rings (SSSR count). The van der Waals surface area contributed by atoms with E-state index in [1.165, 1.54) is 45.1 Å². The highest BCUT2D eigenvalue weighted by Crippen LogP contribution is 2.37. The summed E-state index contributed by atoms with van der Waals surface area (Å²) in [6, 6.07) is 3.73. The maximum atomic E-state index is 9.58. The molecule has 0 aromatic heterocycles. The van der Waals surface area contributed by atoms with Crippen LogP contribution in [-0.2, 0) is 0 Å². The summed E-state index contributed by atoms with van der Waals surface area (Å²) in [6.07, 6.45) is 8.76. The molecule has 88 valence electrons. The Balaban J connectivity index is 1.75. The molecule has 1 saturated carbocycles. The van der Waals surface area contributed by atoms with E-state index in [0.29, 0.717) is 12.1 Å². The van der Waals surface area contributed by atoms with E-state index in [1.54, 1.807) is 0 Å². The van der Waals surface area contributed by atoms with Gasteiger partial charge in [0.1, 0.15) is 5.54 Å². The maximum Gasteiger partial charge on any atom is 0.123 e. The fourth-order valence-electron chi connectivity index (χ4n) is 3.90.